The summed E-state index contributed by atoms with van der Waals surface area (Å²) < 4.78 is 1.52. The zero-order valence-electron chi connectivity index (χ0n) is 4.05. The Kier molecular flexibility index (Phi) is 6.92. The van der Waals surface area contributed by atoms with Gasteiger partial charge in [0.15, 0.2) is 0 Å². The quantitative estimate of drug-likeness (QED) is 0.331. The molecule has 0 aromatic rings. The molecule has 0 aliphatic rings. The molecule has 0 aliphatic heterocycles. The van der Waals surface area contributed by atoms with E-state index >= 15 is 0 Å². The SMILES string of the molecule is CC[CH2][Hf]([I])([I])[I]. The third-order valence-electron chi connectivity index (χ3n) is 0.533. The molecule has 0 saturated heterocycles. The van der Waals surface area contributed by atoms with Crippen LogP contribution in [0.1, 0.15) is 13.3 Å². The van der Waals surface area contributed by atoms with Crippen LogP contribution in [0.15, 0.2) is 0 Å². The average Bonchev–Trinajstić information content (AvgIpc) is 1.30. The number of rotatable bonds is 2. The van der Waals surface area contributed by atoms with Gasteiger partial charge in [-0.3, -0.25) is 0 Å². The van der Waals surface area contributed by atoms with Crippen molar-refractivity contribution >= 4 is 54.4 Å². The first-order valence-electron chi connectivity index (χ1n) is 2.13. The van der Waals surface area contributed by atoms with Gasteiger partial charge in [0.25, 0.3) is 0 Å². The molecule has 0 heterocycles. The maximum atomic E-state index is 2.67. The molecule has 44 valence electrons. The summed E-state index contributed by atoms with van der Waals surface area (Å²) in [4.78, 5) is 0. The van der Waals surface area contributed by atoms with E-state index in [-0.39, 0.29) is 0 Å². The molecule has 0 amide bonds. The van der Waals surface area contributed by atoms with Gasteiger partial charge in [-0.05, 0) is 0 Å². The average molecular weight is 602 g/mol. The van der Waals surface area contributed by atoms with Crippen molar-refractivity contribution in [2.24, 2.45) is 0 Å². The number of hydrogen-bond donors (Lipinski definition) is 0. The molecule has 0 bridgehead atoms. The van der Waals surface area contributed by atoms with Crippen LogP contribution >= 0.6 is 54.4 Å². The van der Waals surface area contributed by atoms with E-state index in [1.165, 1.54) is 10.6 Å². The number of halogens is 3. The summed E-state index contributed by atoms with van der Waals surface area (Å²) in [6, 6.07) is 0. The molecule has 0 radical (unpaired) electrons. The van der Waals surface area contributed by atoms with Gasteiger partial charge in [-0.2, -0.15) is 0 Å². The Bertz CT molecular complexity index is 48.6. The van der Waals surface area contributed by atoms with Crippen molar-refractivity contribution in [3.63, 3.8) is 0 Å². The van der Waals surface area contributed by atoms with Gasteiger partial charge in [0.2, 0.25) is 0 Å². The fraction of sp³-hybridized carbons (Fsp3) is 1.00. The van der Waals surface area contributed by atoms with Crippen LogP contribution in [0.2, 0.25) is 4.18 Å². The molecule has 0 atom stereocenters. The summed E-state index contributed by atoms with van der Waals surface area (Å²) in [5.74, 6) is 0. The Balaban J connectivity index is 3.15. The molecule has 0 unspecified atom stereocenters. The summed E-state index contributed by atoms with van der Waals surface area (Å²) in [6.07, 6.45) is 1.39. The summed E-state index contributed by atoms with van der Waals surface area (Å²) in [5, 5.41) is 0. The van der Waals surface area contributed by atoms with E-state index in [1.54, 1.807) is 0 Å². The summed E-state index contributed by atoms with van der Waals surface area (Å²) in [7, 11) is -1.47. The first-order valence-corrected chi connectivity index (χ1v) is 35.2. The summed E-state index contributed by atoms with van der Waals surface area (Å²) in [5.41, 5.74) is 0. The van der Waals surface area contributed by atoms with E-state index in [0.29, 0.717) is 0 Å². The van der Waals surface area contributed by atoms with Gasteiger partial charge in [-0.1, -0.05) is 0 Å². The van der Waals surface area contributed by atoms with Gasteiger partial charge in [0, 0.05) is 0 Å². The second kappa shape index (κ2) is 4.81. The van der Waals surface area contributed by atoms with Crippen LogP contribution in [0, 0.1) is 0 Å². The van der Waals surface area contributed by atoms with E-state index in [0.717, 1.165) is 0 Å². The Labute approximate surface area is 77.2 Å². The molecule has 0 fully saturated rings. The van der Waals surface area contributed by atoms with Crippen molar-refractivity contribution in [1.82, 2.24) is 0 Å². The molecular formula is C3H7HfI3. The van der Waals surface area contributed by atoms with Crippen molar-refractivity contribution in [2.45, 2.75) is 17.5 Å². The third-order valence-corrected chi connectivity index (χ3v) is 17.6. The fourth-order valence-electron chi connectivity index (χ4n) is 0.283. The first-order chi connectivity index (χ1) is 3.06. The molecule has 0 rings (SSSR count). The van der Waals surface area contributed by atoms with Gasteiger partial charge in [-0.15, -0.1) is 0 Å². The van der Waals surface area contributed by atoms with E-state index in [4.69, 9.17) is 0 Å². The maximum absolute atomic E-state index is 2.67. The normalized spacial score (nSPS) is 12.0. The van der Waals surface area contributed by atoms with Gasteiger partial charge in [0.1, 0.15) is 0 Å². The summed E-state index contributed by atoms with van der Waals surface area (Å²) >= 11 is 8.02. The van der Waals surface area contributed by atoms with Crippen LogP contribution in [0.5, 0.6) is 0 Å². The monoisotopic (exact) mass is 604 g/mol. The van der Waals surface area contributed by atoms with E-state index in [2.05, 4.69) is 61.3 Å². The fourth-order valence-corrected chi connectivity index (χ4v) is 15.6. The van der Waals surface area contributed by atoms with Crippen LogP contribution in [0.4, 0.5) is 0 Å². The van der Waals surface area contributed by atoms with Crippen molar-refractivity contribution in [1.29, 1.82) is 0 Å². The molecule has 0 saturated carbocycles. The van der Waals surface area contributed by atoms with Crippen molar-refractivity contribution in [2.75, 3.05) is 0 Å². The topological polar surface area (TPSA) is 0 Å². The second-order valence-corrected chi connectivity index (χ2v) is 103. The molecule has 0 aliphatic carbocycles. The van der Waals surface area contributed by atoms with Crippen molar-refractivity contribution < 1.29 is 7.50 Å². The number of hydrogen-bond acceptors (Lipinski definition) is 0. The molecule has 0 nitrogen and oxygen atoms in total. The second-order valence-electron chi connectivity index (χ2n) is 1.37. The third kappa shape index (κ3) is 9.06. The molecule has 0 N–H and O–H groups in total. The summed E-state index contributed by atoms with van der Waals surface area (Å²) in [6.45, 7) is 2.27. The van der Waals surface area contributed by atoms with E-state index < -0.39 is 7.50 Å². The van der Waals surface area contributed by atoms with Crippen LogP contribution in [-0.2, 0) is 7.50 Å². The van der Waals surface area contributed by atoms with E-state index in [1.807, 2.05) is 0 Å². The Morgan fingerprint density at radius 1 is 1.29 bits per heavy atom. The minimum atomic E-state index is -1.47. The van der Waals surface area contributed by atoms with E-state index in [9.17, 15) is 0 Å². The van der Waals surface area contributed by atoms with Crippen LogP contribution in [0.3, 0.4) is 0 Å². The predicted molar refractivity (Wildman–Crippen MR) is 57.2 cm³/mol. The zero-order chi connectivity index (χ0) is 5.91. The van der Waals surface area contributed by atoms with Crippen molar-refractivity contribution in [3.8, 4) is 0 Å². The van der Waals surface area contributed by atoms with Gasteiger partial charge < -0.3 is 0 Å². The predicted octanol–water partition coefficient (Wildman–Crippen LogP) is 4.02. The van der Waals surface area contributed by atoms with Gasteiger partial charge >= 0.3 is 79.4 Å². The van der Waals surface area contributed by atoms with Crippen LogP contribution in [-0.4, -0.2) is 0 Å². The Morgan fingerprint density at radius 3 is 1.71 bits per heavy atom. The Hall–Kier alpha value is 3.06. The minimum absolute atomic E-state index is 1.39. The van der Waals surface area contributed by atoms with Crippen molar-refractivity contribution in [3.05, 3.63) is 0 Å². The van der Waals surface area contributed by atoms with Gasteiger partial charge in [-0.25, -0.2) is 0 Å². The van der Waals surface area contributed by atoms with Gasteiger partial charge in [0.05, 0.1) is 0 Å². The van der Waals surface area contributed by atoms with Crippen LogP contribution < -0.4 is 0 Å². The first kappa shape index (κ1) is 10.1. The molecule has 7 heavy (non-hydrogen) atoms. The molecule has 0 spiro atoms. The zero-order valence-corrected chi connectivity index (χ0v) is 14.1. The molecule has 0 aromatic heterocycles. The Morgan fingerprint density at radius 2 is 1.71 bits per heavy atom. The van der Waals surface area contributed by atoms with Crippen LogP contribution in [0.25, 0.3) is 0 Å². The standard InChI is InChI=1S/C3H7.Hf.3HI/c1-3-2;;;;/h1,3H2,2H3;;3*1H/q;+3;;;/p-3. The molecule has 0 aromatic carbocycles. The molecular weight excluding hydrogens is 595 g/mol. The molecule has 4 heteroatoms.